The maximum Gasteiger partial charge on any atom is 0.0149 e. The highest BCUT2D eigenvalue weighted by molar-refractivity contribution is 8.00. The smallest absolute Gasteiger partial charge is 0.0149 e. The monoisotopic (exact) mass is 258 g/mol. The van der Waals surface area contributed by atoms with Crippen molar-refractivity contribution in [2.45, 2.75) is 70.0 Å². The van der Waals surface area contributed by atoms with Gasteiger partial charge in [0.15, 0.2) is 0 Å². The Morgan fingerprint density at radius 2 is 1.76 bits per heavy atom. The SMILES string of the molecule is CC(C)NCCCC(C)N1CC(C)SC(C)C1. The zero-order valence-electron chi connectivity index (χ0n) is 12.2. The average Bonchev–Trinajstić information content (AvgIpc) is 2.22. The topological polar surface area (TPSA) is 15.3 Å². The highest BCUT2D eigenvalue weighted by Gasteiger charge is 2.25. The van der Waals surface area contributed by atoms with Gasteiger partial charge in [0.25, 0.3) is 0 Å². The summed E-state index contributed by atoms with van der Waals surface area (Å²) in [5.41, 5.74) is 0. The van der Waals surface area contributed by atoms with Crippen molar-refractivity contribution >= 4 is 11.8 Å². The molecule has 3 heteroatoms. The third-order valence-electron chi connectivity index (χ3n) is 3.42. The zero-order valence-corrected chi connectivity index (χ0v) is 13.0. The van der Waals surface area contributed by atoms with E-state index in [9.17, 15) is 0 Å². The van der Waals surface area contributed by atoms with Gasteiger partial charge in [0, 0.05) is 35.7 Å². The summed E-state index contributed by atoms with van der Waals surface area (Å²) in [4.78, 5) is 2.68. The van der Waals surface area contributed by atoms with Gasteiger partial charge in [-0.1, -0.05) is 27.7 Å². The van der Waals surface area contributed by atoms with Gasteiger partial charge >= 0.3 is 0 Å². The number of hydrogen-bond donors (Lipinski definition) is 1. The van der Waals surface area contributed by atoms with Crippen LogP contribution in [0.15, 0.2) is 0 Å². The first-order chi connectivity index (χ1) is 7.99. The fourth-order valence-electron chi connectivity index (χ4n) is 2.55. The molecular weight excluding hydrogens is 228 g/mol. The second kappa shape index (κ2) is 7.65. The van der Waals surface area contributed by atoms with Gasteiger partial charge in [-0.3, -0.25) is 4.90 Å². The van der Waals surface area contributed by atoms with Crippen LogP contribution in [0.1, 0.15) is 47.5 Å². The van der Waals surface area contributed by atoms with E-state index in [4.69, 9.17) is 0 Å². The Labute approximate surface area is 112 Å². The van der Waals surface area contributed by atoms with Crippen LogP contribution in [0.4, 0.5) is 0 Å². The molecule has 0 aromatic rings. The lowest BCUT2D eigenvalue weighted by atomic mass is 10.1. The molecule has 1 fully saturated rings. The van der Waals surface area contributed by atoms with Gasteiger partial charge in [0.05, 0.1) is 0 Å². The Balaban J connectivity index is 2.20. The van der Waals surface area contributed by atoms with Crippen molar-refractivity contribution in [2.75, 3.05) is 19.6 Å². The summed E-state index contributed by atoms with van der Waals surface area (Å²) in [6.07, 6.45) is 2.62. The maximum absolute atomic E-state index is 3.50. The van der Waals surface area contributed by atoms with Crippen molar-refractivity contribution in [3.8, 4) is 0 Å². The predicted octanol–water partition coefficient (Wildman–Crippen LogP) is 2.98. The first-order valence-corrected chi connectivity index (χ1v) is 8.06. The van der Waals surface area contributed by atoms with Crippen LogP contribution in [-0.2, 0) is 0 Å². The lowest BCUT2D eigenvalue weighted by Crippen LogP contribution is -2.45. The minimum absolute atomic E-state index is 0.622. The highest BCUT2D eigenvalue weighted by atomic mass is 32.2. The van der Waals surface area contributed by atoms with Crippen LogP contribution in [0.5, 0.6) is 0 Å². The molecular formula is C14H30N2S. The Kier molecular flexibility index (Phi) is 6.90. The highest BCUT2D eigenvalue weighted by Crippen LogP contribution is 2.26. The van der Waals surface area contributed by atoms with Crippen molar-refractivity contribution in [3.05, 3.63) is 0 Å². The van der Waals surface area contributed by atoms with E-state index in [1.165, 1.54) is 25.9 Å². The molecule has 1 aliphatic heterocycles. The summed E-state index contributed by atoms with van der Waals surface area (Å²) in [6, 6.07) is 1.37. The lowest BCUT2D eigenvalue weighted by Gasteiger charge is -2.38. The van der Waals surface area contributed by atoms with Crippen molar-refractivity contribution in [3.63, 3.8) is 0 Å². The normalized spacial score (nSPS) is 28.6. The van der Waals surface area contributed by atoms with Gasteiger partial charge in [-0.2, -0.15) is 11.8 Å². The molecule has 3 unspecified atom stereocenters. The fourth-order valence-corrected chi connectivity index (χ4v) is 3.90. The number of hydrogen-bond acceptors (Lipinski definition) is 3. The molecule has 0 saturated carbocycles. The van der Waals surface area contributed by atoms with Crippen molar-refractivity contribution < 1.29 is 0 Å². The van der Waals surface area contributed by atoms with Crippen LogP contribution in [-0.4, -0.2) is 47.1 Å². The lowest BCUT2D eigenvalue weighted by molar-refractivity contribution is 0.194. The van der Waals surface area contributed by atoms with E-state index in [0.29, 0.717) is 6.04 Å². The number of nitrogens with zero attached hydrogens (tertiary/aromatic N) is 1. The van der Waals surface area contributed by atoms with Gasteiger partial charge < -0.3 is 5.32 Å². The zero-order chi connectivity index (χ0) is 12.8. The van der Waals surface area contributed by atoms with E-state index in [-0.39, 0.29) is 0 Å². The van der Waals surface area contributed by atoms with E-state index in [1.54, 1.807) is 0 Å². The summed E-state index contributed by atoms with van der Waals surface area (Å²) >= 11 is 2.14. The molecule has 102 valence electrons. The molecule has 0 spiro atoms. The van der Waals surface area contributed by atoms with Gasteiger partial charge in [0.2, 0.25) is 0 Å². The van der Waals surface area contributed by atoms with Crippen LogP contribution in [0, 0.1) is 0 Å². The van der Waals surface area contributed by atoms with Crippen LogP contribution in [0.3, 0.4) is 0 Å². The maximum atomic E-state index is 3.50. The first kappa shape index (κ1) is 15.3. The van der Waals surface area contributed by atoms with Gasteiger partial charge in [-0.15, -0.1) is 0 Å². The van der Waals surface area contributed by atoms with Crippen LogP contribution < -0.4 is 5.32 Å². The Hall–Kier alpha value is 0.270. The minimum Gasteiger partial charge on any atom is -0.315 e. The number of nitrogens with one attached hydrogen (secondary N) is 1. The molecule has 1 rings (SSSR count). The van der Waals surface area contributed by atoms with Crippen molar-refractivity contribution in [1.29, 1.82) is 0 Å². The molecule has 1 N–H and O–H groups in total. The quantitative estimate of drug-likeness (QED) is 0.737. The van der Waals surface area contributed by atoms with E-state index >= 15 is 0 Å². The molecule has 2 nitrogen and oxygen atoms in total. The average molecular weight is 258 g/mol. The summed E-state index contributed by atoms with van der Waals surface area (Å²) in [6.45, 7) is 15.3. The van der Waals surface area contributed by atoms with Gasteiger partial charge in [0.1, 0.15) is 0 Å². The molecule has 0 aliphatic carbocycles. The molecule has 0 bridgehead atoms. The molecule has 1 saturated heterocycles. The Morgan fingerprint density at radius 1 is 1.18 bits per heavy atom. The summed E-state index contributed by atoms with van der Waals surface area (Å²) in [5.74, 6) is 0. The Morgan fingerprint density at radius 3 is 2.29 bits per heavy atom. The molecule has 0 amide bonds. The largest absolute Gasteiger partial charge is 0.315 e. The molecule has 0 aromatic carbocycles. The second-order valence-corrected chi connectivity index (χ2v) is 7.69. The molecule has 0 aromatic heterocycles. The molecule has 1 heterocycles. The van der Waals surface area contributed by atoms with E-state index < -0.39 is 0 Å². The van der Waals surface area contributed by atoms with Crippen LogP contribution in [0.2, 0.25) is 0 Å². The van der Waals surface area contributed by atoms with Crippen molar-refractivity contribution in [2.24, 2.45) is 0 Å². The minimum atomic E-state index is 0.622. The predicted molar refractivity (Wildman–Crippen MR) is 79.9 cm³/mol. The number of rotatable bonds is 6. The third kappa shape index (κ3) is 6.12. The summed E-state index contributed by atoms with van der Waals surface area (Å²) < 4.78 is 0. The van der Waals surface area contributed by atoms with Gasteiger partial charge in [-0.25, -0.2) is 0 Å². The van der Waals surface area contributed by atoms with Crippen molar-refractivity contribution in [1.82, 2.24) is 10.2 Å². The van der Waals surface area contributed by atoms with E-state index in [1.807, 2.05) is 0 Å². The molecule has 3 atom stereocenters. The second-order valence-electron chi connectivity index (χ2n) is 5.81. The summed E-state index contributed by atoms with van der Waals surface area (Å²) in [5, 5.41) is 5.10. The van der Waals surface area contributed by atoms with E-state index in [2.05, 4.69) is 56.6 Å². The molecule has 0 radical (unpaired) electrons. The van der Waals surface area contributed by atoms with Gasteiger partial charge in [-0.05, 0) is 26.3 Å². The summed E-state index contributed by atoms with van der Waals surface area (Å²) in [7, 11) is 0. The Bertz CT molecular complexity index is 198. The molecule has 17 heavy (non-hydrogen) atoms. The third-order valence-corrected chi connectivity index (χ3v) is 4.65. The van der Waals surface area contributed by atoms with Crippen LogP contribution in [0.25, 0.3) is 0 Å². The van der Waals surface area contributed by atoms with E-state index in [0.717, 1.165) is 23.1 Å². The molecule has 1 aliphatic rings. The first-order valence-electron chi connectivity index (χ1n) is 7.12. The standard InChI is InChI=1S/C14H30N2S/c1-11(2)15-8-6-7-12(3)16-9-13(4)17-14(5)10-16/h11-15H,6-10H2,1-5H3. The number of thioether (sulfide) groups is 1. The fraction of sp³-hybridized carbons (Fsp3) is 1.00. The van der Waals surface area contributed by atoms with Crippen LogP contribution >= 0.6 is 11.8 Å².